The van der Waals surface area contributed by atoms with Crippen LogP contribution in [0.2, 0.25) is 0 Å². The predicted molar refractivity (Wildman–Crippen MR) is 88.6 cm³/mol. The molecule has 0 amide bonds. The summed E-state index contributed by atoms with van der Waals surface area (Å²) in [4.78, 5) is 0. The van der Waals surface area contributed by atoms with Crippen LogP contribution in [0.25, 0.3) is 0 Å². The molecule has 2 nitrogen and oxygen atoms in total. The lowest BCUT2D eigenvalue weighted by molar-refractivity contribution is -0.171. The van der Waals surface area contributed by atoms with Crippen molar-refractivity contribution in [1.29, 1.82) is 0 Å². The van der Waals surface area contributed by atoms with Crippen LogP contribution in [0.4, 0.5) is 0 Å². The lowest BCUT2D eigenvalue weighted by Crippen LogP contribution is -2.64. The fraction of sp³-hybridized carbons (Fsp3) is 1.00. The Balaban J connectivity index is 1.63. The maximum absolute atomic E-state index is 6.69. The van der Waals surface area contributed by atoms with E-state index < -0.39 is 0 Å². The molecular formula is C19H35NO. The van der Waals surface area contributed by atoms with Crippen molar-refractivity contribution >= 4 is 0 Å². The molecule has 0 aromatic carbocycles. The van der Waals surface area contributed by atoms with E-state index in [0.717, 1.165) is 12.6 Å². The minimum absolute atomic E-state index is 0.485. The van der Waals surface area contributed by atoms with Crippen LogP contribution in [0.1, 0.15) is 90.4 Å². The van der Waals surface area contributed by atoms with Crippen molar-refractivity contribution in [1.82, 2.24) is 5.32 Å². The highest BCUT2D eigenvalue weighted by Gasteiger charge is 2.55. The van der Waals surface area contributed by atoms with Gasteiger partial charge in [0.2, 0.25) is 0 Å². The van der Waals surface area contributed by atoms with Crippen LogP contribution in [-0.2, 0) is 4.74 Å². The van der Waals surface area contributed by atoms with Crippen LogP contribution in [0.15, 0.2) is 0 Å². The van der Waals surface area contributed by atoms with Gasteiger partial charge in [0, 0.05) is 11.5 Å². The highest BCUT2D eigenvalue weighted by Crippen LogP contribution is 2.53. The zero-order chi connectivity index (χ0) is 14.5. The fourth-order valence-electron chi connectivity index (χ4n) is 5.14. The monoisotopic (exact) mass is 293 g/mol. The molecule has 21 heavy (non-hydrogen) atoms. The summed E-state index contributed by atoms with van der Waals surface area (Å²) in [5, 5.41) is 3.77. The molecule has 2 heteroatoms. The van der Waals surface area contributed by atoms with Gasteiger partial charge in [0.1, 0.15) is 0 Å². The number of rotatable bonds is 4. The smallest absolute Gasteiger partial charge is 0.0665 e. The first kappa shape index (κ1) is 15.8. The molecule has 0 aliphatic heterocycles. The third kappa shape index (κ3) is 3.47. The summed E-state index contributed by atoms with van der Waals surface area (Å²) in [6.07, 6.45) is 19.2. The van der Waals surface area contributed by atoms with Gasteiger partial charge in [-0.2, -0.15) is 0 Å². The van der Waals surface area contributed by atoms with Crippen molar-refractivity contribution in [3.8, 4) is 0 Å². The van der Waals surface area contributed by atoms with E-state index in [1.165, 1.54) is 83.5 Å². The van der Waals surface area contributed by atoms with Gasteiger partial charge < -0.3 is 10.1 Å². The van der Waals surface area contributed by atoms with Crippen LogP contribution in [0, 0.1) is 5.41 Å². The largest absolute Gasteiger partial charge is 0.374 e. The number of nitrogens with one attached hydrogen (secondary N) is 1. The topological polar surface area (TPSA) is 21.3 Å². The Labute approximate surface area is 131 Å². The van der Waals surface area contributed by atoms with Gasteiger partial charge in [0.05, 0.1) is 12.2 Å². The molecule has 0 radical (unpaired) electrons. The maximum Gasteiger partial charge on any atom is 0.0665 e. The van der Waals surface area contributed by atoms with E-state index in [0.29, 0.717) is 17.6 Å². The van der Waals surface area contributed by atoms with Crippen molar-refractivity contribution < 1.29 is 4.74 Å². The van der Waals surface area contributed by atoms with E-state index in [4.69, 9.17) is 4.74 Å². The van der Waals surface area contributed by atoms with Crippen molar-refractivity contribution in [2.24, 2.45) is 5.41 Å². The Hall–Kier alpha value is -0.0800. The summed E-state index contributed by atoms with van der Waals surface area (Å²) in [6, 6.07) is 0.733. The van der Waals surface area contributed by atoms with Gasteiger partial charge in [0.15, 0.2) is 0 Å². The van der Waals surface area contributed by atoms with Crippen molar-refractivity contribution in [2.75, 3.05) is 6.54 Å². The minimum Gasteiger partial charge on any atom is -0.374 e. The molecular weight excluding hydrogens is 258 g/mol. The van der Waals surface area contributed by atoms with Crippen LogP contribution in [-0.4, -0.2) is 24.8 Å². The van der Waals surface area contributed by atoms with Crippen LogP contribution >= 0.6 is 0 Å². The molecule has 122 valence electrons. The van der Waals surface area contributed by atoms with Gasteiger partial charge in [-0.1, -0.05) is 58.3 Å². The van der Waals surface area contributed by atoms with Gasteiger partial charge in [-0.15, -0.1) is 0 Å². The third-order valence-corrected chi connectivity index (χ3v) is 6.43. The Morgan fingerprint density at radius 1 is 0.905 bits per heavy atom. The van der Waals surface area contributed by atoms with Gasteiger partial charge in [-0.25, -0.2) is 0 Å². The van der Waals surface area contributed by atoms with Gasteiger partial charge in [-0.3, -0.25) is 0 Å². The van der Waals surface area contributed by atoms with Gasteiger partial charge in [0.25, 0.3) is 0 Å². The van der Waals surface area contributed by atoms with E-state index >= 15 is 0 Å². The molecule has 1 N–H and O–H groups in total. The first-order valence-corrected chi connectivity index (χ1v) is 9.74. The van der Waals surface area contributed by atoms with E-state index in [-0.39, 0.29) is 0 Å². The highest BCUT2D eigenvalue weighted by atomic mass is 16.5. The van der Waals surface area contributed by atoms with Gasteiger partial charge >= 0.3 is 0 Å². The quantitative estimate of drug-likeness (QED) is 0.751. The van der Waals surface area contributed by atoms with Crippen LogP contribution in [0.5, 0.6) is 0 Å². The van der Waals surface area contributed by atoms with Crippen molar-refractivity contribution in [3.05, 3.63) is 0 Å². The summed E-state index contributed by atoms with van der Waals surface area (Å²) in [6.45, 7) is 3.37. The molecule has 2 atom stereocenters. The SMILES string of the molecule is CCNC1CC(OC2CCCCCC2)C12CCCCCC2. The normalized spacial score (nSPS) is 34.1. The highest BCUT2D eigenvalue weighted by molar-refractivity contribution is 5.08. The molecule has 3 rings (SSSR count). The molecule has 0 aromatic rings. The van der Waals surface area contributed by atoms with Crippen molar-refractivity contribution in [3.63, 3.8) is 0 Å². The van der Waals surface area contributed by atoms with E-state index in [1.54, 1.807) is 0 Å². The van der Waals surface area contributed by atoms with Crippen LogP contribution in [0.3, 0.4) is 0 Å². The summed E-state index contributed by atoms with van der Waals surface area (Å²) in [7, 11) is 0. The second-order valence-corrected chi connectivity index (χ2v) is 7.73. The minimum atomic E-state index is 0.485. The lowest BCUT2D eigenvalue weighted by Gasteiger charge is -2.57. The Morgan fingerprint density at radius 3 is 2.14 bits per heavy atom. The fourth-order valence-corrected chi connectivity index (χ4v) is 5.14. The average Bonchev–Trinajstić information content (AvgIpc) is 2.90. The first-order chi connectivity index (χ1) is 10.3. The van der Waals surface area contributed by atoms with E-state index in [9.17, 15) is 0 Å². The second kappa shape index (κ2) is 7.46. The molecule has 3 saturated carbocycles. The van der Waals surface area contributed by atoms with Crippen LogP contribution < -0.4 is 5.32 Å². The summed E-state index contributed by atoms with van der Waals surface area (Å²) < 4.78 is 6.69. The van der Waals surface area contributed by atoms with Gasteiger partial charge in [-0.05, 0) is 38.6 Å². The Morgan fingerprint density at radius 2 is 1.52 bits per heavy atom. The Bertz CT molecular complexity index is 301. The molecule has 0 heterocycles. The molecule has 1 spiro atoms. The molecule has 0 bridgehead atoms. The summed E-state index contributed by atoms with van der Waals surface area (Å²) in [5.41, 5.74) is 0.485. The zero-order valence-electron chi connectivity index (χ0n) is 14.0. The third-order valence-electron chi connectivity index (χ3n) is 6.43. The first-order valence-electron chi connectivity index (χ1n) is 9.74. The molecule has 0 aromatic heterocycles. The lowest BCUT2D eigenvalue weighted by atomic mass is 9.57. The zero-order valence-corrected chi connectivity index (χ0v) is 14.0. The predicted octanol–water partition coefficient (Wildman–Crippen LogP) is 4.82. The standard InChI is InChI=1S/C19H35NO/c1-2-20-17-15-18(19(17)13-9-5-6-10-14-19)21-16-11-7-3-4-8-12-16/h16-18,20H,2-15H2,1H3. The average molecular weight is 293 g/mol. The number of ether oxygens (including phenoxy) is 1. The summed E-state index contributed by atoms with van der Waals surface area (Å²) >= 11 is 0. The number of hydrogen-bond acceptors (Lipinski definition) is 2. The second-order valence-electron chi connectivity index (χ2n) is 7.73. The molecule has 2 unspecified atom stereocenters. The van der Waals surface area contributed by atoms with E-state index in [2.05, 4.69) is 12.2 Å². The number of hydrogen-bond donors (Lipinski definition) is 1. The van der Waals surface area contributed by atoms with Crippen molar-refractivity contribution in [2.45, 2.75) is 109 Å². The molecule has 3 aliphatic carbocycles. The summed E-state index contributed by atoms with van der Waals surface area (Å²) in [5.74, 6) is 0. The molecule has 0 saturated heterocycles. The maximum atomic E-state index is 6.69. The Kier molecular flexibility index (Phi) is 5.61. The van der Waals surface area contributed by atoms with E-state index in [1.807, 2.05) is 0 Å². The molecule has 3 aliphatic rings. The molecule has 3 fully saturated rings.